The molecule has 0 radical (unpaired) electrons. The van der Waals surface area contributed by atoms with E-state index in [1.54, 1.807) is 6.08 Å². The van der Waals surface area contributed by atoms with E-state index in [2.05, 4.69) is 104 Å². The van der Waals surface area contributed by atoms with Crippen molar-refractivity contribution in [2.24, 2.45) is 0 Å². The van der Waals surface area contributed by atoms with Crippen LogP contribution in [0.25, 0.3) is 0 Å². The molecule has 0 aromatic heterocycles. The number of aliphatic hydroxyl groups excluding tert-OH is 1. The summed E-state index contributed by atoms with van der Waals surface area (Å²) in [5.41, 5.74) is 0. The van der Waals surface area contributed by atoms with Crippen LogP contribution in [0.3, 0.4) is 0 Å². The van der Waals surface area contributed by atoms with Gasteiger partial charge in [-0.15, -0.1) is 0 Å². The molecule has 0 spiro atoms. The summed E-state index contributed by atoms with van der Waals surface area (Å²) in [7, 11) is 1.55. The summed E-state index contributed by atoms with van der Waals surface area (Å²) in [6, 6.07) is -0.869. The summed E-state index contributed by atoms with van der Waals surface area (Å²) in [6.07, 6.45) is 85.4. The van der Waals surface area contributed by atoms with Crippen molar-refractivity contribution < 1.29 is 32.9 Å². The molecule has 0 rings (SSSR count). The van der Waals surface area contributed by atoms with Gasteiger partial charge >= 0.3 is 7.82 Å². The highest BCUT2D eigenvalue weighted by molar-refractivity contribution is 7.47. The molecule has 0 saturated carbocycles. The lowest BCUT2D eigenvalue weighted by atomic mass is 10.0. The van der Waals surface area contributed by atoms with Gasteiger partial charge in [0.1, 0.15) is 13.2 Å². The predicted octanol–water partition coefficient (Wildman–Crippen LogP) is 20.5. The van der Waals surface area contributed by atoms with Crippen molar-refractivity contribution in [3.63, 3.8) is 0 Å². The Morgan fingerprint density at radius 1 is 0.449 bits per heavy atom. The predicted molar refractivity (Wildman–Crippen MR) is 341 cm³/mol. The highest BCUT2D eigenvalue weighted by Gasteiger charge is 2.27. The van der Waals surface area contributed by atoms with E-state index < -0.39 is 20.0 Å². The van der Waals surface area contributed by atoms with E-state index in [9.17, 15) is 19.4 Å². The van der Waals surface area contributed by atoms with Crippen LogP contribution in [0.4, 0.5) is 0 Å². The standard InChI is InChI=1S/C69H125N2O6P/c1-6-8-10-12-14-16-18-20-22-24-26-28-29-30-31-32-33-34-35-36-37-38-39-40-41-43-45-47-49-51-53-55-57-59-61-63-69(73)70-67(66-77-78(74,75)76-65-64-71(3,4)5)68(72)62-60-58-56-54-52-50-48-46-44-42-27-25-23-21-19-17-15-13-11-9-7-2/h8,10,14,16,20,22,26,28,30-31,33-34,52,54,60,62,67-68,72H,6-7,9,11-13,15,17-19,21,23-25,27,29,32,35-51,53,55-59,61,63-66H2,1-5H3,(H-,70,73,74,75)/p+1/b10-8-,16-14-,22-20-,28-26-,31-30-,34-33-,54-52+,62-60+. The fourth-order valence-electron chi connectivity index (χ4n) is 9.24. The van der Waals surface area contributed by atoms with Gasteiger partial charge in [0, 0.05) is 6.42 Å². The maximum atomic E-state index is 13.0. The molecular weight excluding hydrogens is 984 g/mol. The number of amides is 1. The van der Waals surface area contributed by atoms with Crippen LogP contribution >= 0.6 is 7.82 Å². The third-order valence-electron chi connectivity index (χ3n) is 14.3. The molecule has 0 heterocycles. The minimum atomic E-state index is -4.36. The van der Waals surface area contributed by atoms with E-state index in [0.29, 0.717) is 17.4 Å². The zero-order valence-corrected chi connectivity index (χ0v) is 52.5. The fourth-order valence-corrected chi connectivity index (χ4v) is 9.98. The molecule has 0 bridgehead atoms. The number of quaternary nitrogens is 1. The molecule has 0 aromatic rings. The van der Waals surface area contributed by atoms with E-state index in [4.69, 9.17) is 9.05 Å². The molecular formula is C69H126N2O6P+. The molecule has 0 fully saturated rings. The Balaban J connectivity index is 4.11. The van der Waals surface area contributed by atoms with Crippen LogP contribution in [0.5, 0.6) is 0 Å². The lowest BCUT2D eigenvalue weighted by molar-refractivity contribution is -0.870. The van der Waals surface area contributed by atoms with Crippen LogP contribution in [0.15, 0.2) is 97.2 Å². The second-order valence-corrected chi connectivity index (χ2v) is 24.6. The molecule has 0 aromatic carbocycles. The Morgan fingerprint density at radius 3 is 1.18 bits per heavy atom. The average molecular weight is 1110 g/mol. The van der Waals surface area contributed by atoms with Gasteiger partial charge in [0.05, 0.1) is 39.9 Å². The topological polar surface area (TPSA) is 105 Å². The van der Waals surface area contributed by atoms with Crippen molar-refractivity contribution in [1.82, 2.24) is 5.32 Å². The number of likely N-dealkylation sites (N-methyl/N-ethyl adjacent to an activating group) is 1. The molecule has 452 valence electrons. The third-order valence-corrected chi connectivity index (χ3v) is 15.3. The van der Waals surface area contributed by atoms with Gasteiger partial charge in [0.25, 0.3) is 0 Å². The van der Waals surface area contributed by atoms with Crippen molar-refractivity contribution >= 4 is 13.7 Å². The number of rotatable bonds is 59. The quantitative estimate of drug-likeness (QED) is 0.0243. The highest BCUT2D eigenvalue weighted by Crippen LogP contribution is 2.43. The van der Waals surface area contributed by atoms with Gasteiger partial charge in [-0.3, -0.25) is 13.8 Å². The van der Waals surface area contributed by atoms with E-state index in [-0.39, 0.29) is 19.1 Å². The van der Waals surface area contributed by atoms with Gasteiger partial charge in [-0.1, -0.05) is 291 Å². The maximum absolute atomic E-state index is 13.0. The summed E-state index contributed by atoms with van der Waals surface area (Å²) in [5.74, 6) is -0.187. The SMILES string of the molecule is CC/C=C\C/C=C\C/C=C\C/C=C\C/C=C\C/C=C\CCCCCCCCCCCCCCCCCCC(=O)NC(COP(=O)(O)OCC[N+](C)(C)C)C(O)/C=C/CC/C=C/CCCCCCCCCCCCCCCCC. The first-order valence-corrected chi connectivity index (χ1v) is 34.1. The summed E-state index contributed by atoms with van der Waals surface area (Å²) >= 11 is 0. The molecule has 3 atom stereocenters. The largest absolute Gasteiger partial charge is 0.472 e. The molecule has 8 nitrogen and oxygen atoms in total. The normalized spacial score (nSPS) is 14.4. The number of allylic oxidation sites excluding steroid dienone is 15. The van der Waals surface area contributed by atoms with E-state index in [0.717, 1.165) is 77.0 Å². The Hall–Kier alpha value is -2.58. The van der Waals surface area contributed by atoms with Crippen molar-refractivity contribution in [2.75, 3.05) is 40.9 Å². The average Bonchev–Trinajstić information content (AvgIpc) is 3.41. The van der Waals surface area contributed by atoms with Gasteiger partial charge in [-0.25, -0.2) is 4.57 Å². The van der Waals surface area contributed by atoms with Gasteiger partial charge in [0.15, 0.2) is 0 Å². The Morgan fingerprint density at radius 2 is 0.782 bits per heavy atom. The van der Waals surface area contributed by atoms with Gasteiger partial charge < -0.3 is 19.8 Å². The van der Waals surface area contributed by atoms with Crippen molar-refractivity contribution in [3.8, 4) is 0 Å². The molecule has 78 heavy (non-hydrogen) atoms. The number of carbonyl (C=O) groups is 1. The first-order valence-electron chi connectivity index (χ1n) is 32.6. The summed E-state index contributed by atoms with van der Waals surface area (Å²) in [4.78, 5) is 23.4. The second kappa shape index (κ2) is 59.1. The van der Waals surface area contributed by atoms with E-state index in [1.807, 2.05) is 27.2 Å². The number of aliphatic hydroxyl groups is 1. The molecule has 9 heteroatoms. The zero-order valence-electron chi connectivity index (χ0n) is 51.6. The van der Waals surface area contributed by atoms with Crippen molar-refractivity contribution in [3.05, 3.63) is 97.2 Å². The third kappa shape index (κ3) is 61.0. The van der Waals surface area contributed by atoms with Crippen LogP contribution in [0, 0.1) is 0 Å². The Bertz CT molecular complexity index is 1590. The first kappa shape index (κ1) is 75.4. The van der Waals surface area contributed by atoms with Crippen LogP contribution in [0.1, 0.15) is 284 Å². The molecule has 3 N–H and O–H groups in total. The van der Waals surface area contributed by atoms with E-state index >= 15 is 0 Å². The minimum Gasteiger partial charge on any atom is -0.387 e. The van der Waals surface area contributed by atoms with Gasteiger partial charge in [-0.2, -0.15) is 0 Å². The van der Waals surface area contributed by atoms with Crippen molar-refractivity contribution in [2.45, 2.75) is 296 Å². The molecule has 0 aliphatic rings. The summed E-state index contributed by atoms with van der Waals surface area (Å²) < 4.78 is 23.8. The molecule has 0 aliphatic carbocycles. The first-order chi connectivity index (χ1) is 38.0. The number of nitrogens with zero attached hydrogens (tertiary/aromatic N) is 1. The number of phosphoric acid groups is 1. The summed E-state index contributed by atoms with van der Waals surface area (Å²) in [6.45, 7) is 4.70. The monoisotopic (exact) mass is 1110 g/mol. The lowest BCUT2D eigenvalue weighted by Gasteiger charge is -2.25. The van der Waals surface area contributed by atoms with Crippen LogP contribution in [-0.2, 0) is 18.4 Å². The number of hydrogen-bond donors (Lipinski definition) is 3. The fraction of sp³-hybridized carbons (Fsp3) is 0.754. The molecule has 0 saturated heterocycles. The van der Waals surface area contributed by atoms with Gasteiger partial charge in [-0.05, 0) is 83.5 Å². The van der Waals surface area contributed by atoms with Crippen LogP contribution < -0.4 is 5.32 Å². The number of carbonyl (C=O) groups excluding carboxylic acids is 1. The maximum Gasteiger partial charge on any atom is 0.472 e. The van der Waals surface area contributed by atoms with E-state index in [1.165, 1.54) is 186 Å². The number of unbranched alkanes of at least 4 members (excludes halogenated alkanes) is 32. The molecule has 1 amide bonds. The molecule has 0 aliphatic heterocycles. The van der Waals surface area contributed by atoms with Crippen molar-refractivity contribution in [1.29, 1.82) is 0 Å². The minimum absolute atomic E-state index is 0.0538. The second-order valence-electron chi connectivity index (χ2n) is 23.1. The Kier molecular flexibility index (Phi) is 57.1. The number of phosphoric ester groups is 1. The zero-order chi connectivity index (χ0) is 57.0. The van der Waals surface area contributed by atoms with Gasteiger partial charge in [0.2, 0.25) is 5.91 Å². The van der Waals surface area contributed by atoms with Crippen LogP contribution in [-0.4, -0.2) is 73.4 Å². The smallest absolute Gasteiger partial charge is 0.387 e. The van der Waals surface area contributed by atoms with Crippen LogP contribution in [0.2, 0.25) is 0 Å². The number of hydrogen-bond acceptors (Lipinski definition) is 5. The Labute approximate surface area is 483 Å². The summed E-state index contributed by atoms with van der Waals surface area (Å²) in [5, 5.41) is 14.0. The number of nitrogens with one attached hydrogen (secondary N) is 1. The lowest BCUT2D eigenvalue weighted by Crippen LogP contribution is -2.45. The molecule has 3 unspecified atom stereocenters. The highest BCUT2D eigenvalue weighted by atomic mass is 31.2.